The van der Waals surface area contributed by atoms with Crippen LogP contribution in [-0.2, 0) is 11.9 Å². The number of anilines is 2. The van der Waals surface area contributed by atoms with Crippen molar-refractivity contribution in [2.75, 3.05) is 35.7 Å². The number of alkyl halides is 3. The number of hydrazone groups is 1. The van der Waals surface area contributed by atoms with Gasteiger partial charge in [0.15, 0.2) is 0 Å². The van der Waals surface area contributed by atoms with E-state index in [2.05, 4.69) is 20.7 Å². The van der Waals surface area contributed by atoms with Crippen LogP contribution in [0.2, 0.25) is 5.02 Å². The van der Waals surface area contributed by atoms with Gasteiger partial charge in [-0.25, -0.2) is 5.43 Å². The minimum atomic E-state index is -4.63. The van der Waals surface area contributed by atoms with E-state index in [0.29, 0.717) is 17.1 Å². The molecule has 1 aliphatic heterocycles. The number of hydrogen-bond donors (Lipinski definition) is 3. The van der Waals surface area contributed by atoms with E-state index in [9.17, 15) is 22.8 Å². The Balaban J connectivity index is 1.54. The van der Waals surface area contributed by atoms with Crippen LogP contribution in [0.4, 0.5) is 24.5 Å². The molecule has 4 rings (SSSR count). The van der Waals surface area contributed by atoms with Crippen LogP contribution >= 0.6 is 23.4 Å². The fraction of sp³-hybridized carbons (Fsp3) is 0.276. The lowest BCUT2D eigenvalue weighted by Crippen LogP contribution is -2.23. The first-order valence-electron chi connectivity index (χ1n) is 12.8. The quantitative estimate of drug-likeness (QED) is 0.146. The highest BCUT2D eigenvalue weighted by molar-refractivity contribution is 7.98. The Labute approximate surface area is 244 Å². The third-order valence-electron chi connectivity index (χ3n) is 6.34. The first kappa shape index (κ1) is 30.4. The number of aliphatic hydroxyl groups is 1. The van der Waals surface area contributed by atoms with Gasteiger partial charge in [0, 0.05) is 35.8 Å². The molecular formula is C29H28ClF3N4O3S. The number of rotatable bonds is 10. The molecule has 0 unspecified atom stereocenters. The predicted molar refractivity (Wildman–Crippen MR) is 157 cm³/mol. The Morgan fingerprint density at radius 2 is 1.83 bits per heavy atom. The van der Waals surface area contributed by atoms with Crippen molar-refractivity contribution in [3.05, 3.63) is 93.5 Å². The summed E-state index contributed by atoms with van der Waals surface area (Å²) in [5.74, 6) is 0.168. The topological polar surface area (TPSA) is 94.0 Å². The summed E-state index contributed by atoms with van der Waals surface area (Å²) in [6.07, 6.45) is -1.49. The van der Waals surface area contributed by atoms with Crippen LogP contribution in [0.1, 0.15) is 50.2 Å². The zero-order chi connectivity index (χ0) is 29.4. The monoisotopic (exact) mass is 604 g/mol. The average molecular weight is 605 g/mol. The van der Waals surface area contributed by atoms with Gasteiger partial charge in [-0.1, -0.05) is 29.8 Å². The molecule has 0 bridgehead atoms. The number of carbonyl (C=O) groups is 2. The Bertz CT molecular complexity index is 1430. The average Bonchev–Trinajstić information content (AvgIpc) is 3.49. The number of carbonyl (C=O) groups excluding carboxylic acids is 2. The zero-order valence-corrected chi connectivity index (χ0v) is 23.5. The largest absolute Gasteiger partial charge is 0.417 e. The zero-order valence-electron chi connectivity index (χ0n) is 21.9. The van der Waals surface area contributed by atoms with Gasteiger partial charge in [0.1, 0.15) is 0 Å². The highest BCUT2D eigenvalue weighted by Gasteiger charge is 2.33. The van der Waals surface area contributed by atoms with Crippen LogP contribution in [0.3, 0.4) is 0 Å². The molecule has 41 heavy (non-hydrogen) atoms. The molecule has 0 radical (unpaired) electrons. The number of amides is 2. The third kappa shape index (κ3) is 8.25. The number of thioether (sulfide) groups is 1. The van der Waals surface area contributed by atoms with Gasteiger partial charge in [-0.15, -0.1) is 0 Å². The minimum absolute atomic E-state index is 0.0709. The molecule has 3 aromatic carbocycles. The number of benzene rings is 3. The lowest BCUT2D eigenvalue weighted by Gasteiger charge is -2.20. The Morgan fingerprint density at radius 3 is 2.56 bits per heavy atom. The maximum absolute atomic E-state index is 13.2. The molecule has 0 saturated carbocycles. The molecule has 0 atom stereocenters. The molecule has 0 spiro atoms. The van der Waals surface area contributed by atoms with Crippen molar-refractivity contribution in [3.63, 3.8) is 0 Å². The summed E-state index contributed by atoms with van der Waals surface area (Å²) in [5.41, 5.74) is 3.99. The molecule has 1 aliphatic rings. The highest BCUT2D eigenvalue weighted by atomic mass is 35.5. The lowest BCUT2D eigenvalue weighted by atomic mass is 10.1. The van der Waals surface area contributed by atoms with E-state index >= 15 is 0 Å². The Morgan fingerprint density at radius 1 is 1.05 bits per heavy atom. The summed E-state index contributed by atoms with van der Waals surface area (Å²) < 4.78 is 39.5. The lowest BCUT2D eigenvalue weighted by molar-refractivity contribution is -0.137. The Hall–Kier alpha value is -3.54. The molecule has 7 nitrogen and oxygen atoms in total. The summed E-state index contributed by atoms with van der Waals surface area (Å²) in [6, 6.07) is 15.5. The van der Waals surface area contributed by atoms with Crippen molar-refractivity contribution in [3.8, 4) is 0 Å². The fourth-order valence-corrected chi connectivity index (χ4v) is 5.23. The van der Waals surface area contributed by atoms with E-state index in [1.807, 2.05) is 12.1 Å². The van der Waals surface area contributed by atoms with Gasteiger partial charge in [0.2, 0.25) is 0 Å². The van der Waals surface area contributed by atoms with E-state index in [0.717, 1.165) is 55.5 Å². The number of nitrogens with one attached hydrogen (secondary N) is 2. The first-order chi connectivity index (χ1) is 19.7. The molecular weight excluding hydrogens is 577 g/mol. The third-order valence-corrected chi connectivity index (χ3v) is 7.67. The molecule has 3 aromatic rings. The predicted octanol–water partition coefficient (Wildman–Crippen LogP) is 6.20. The fourth-order valence-electron chi connectivity index (χ4n) is 4.32. The second-order valence-electron chi connectivity index (χ2n) is 9.29. The molecule has 2 amide bonds. The van der Waals surface area contributed by atoms with Crippen molar-refractivity contribution in [1.82, 2.24) is 5.43 Å². The van der Waals surface area contributed by atoms with Gasteiger partial charge < -0.3 is 15.3 Å². The SMILES string of the molecule is O=C(Nc1ccc(N2CCCC2)cc1C(=O)N/N=C/c1ccc(Cl)c(C(F)(F)F)c1)c1cccc(CSCCO)c1. The normalized spacial score (nSPS) is 13.5. The maximum Gasteiger partial charge on any atom is 0.417 e. The molecule has 216 valence electrons. The maximum atomic E-state index is 13.2. The number of aliphatic hydroxyl groups excluding tert-OH is 1. The van der Waals surface area contributed by atoms with E-state index in [-0.39, 0.29) is 23.4 Å². The smallest absolute Gasteiger partial charge is 0.396 e. The van der Waals surface area contributed by atoms with Gasteiger partial charge in [-0.2, -0.15) is 30.0 Å². The molecule has 1 fully saturated rings. The molecule has 1 saturated heterocycles. The van der Waals surface area contributed by atoms with Crippen LogP contribution < -0.4 is 15.6 Å². The number of nitrogens with zero attached hydrogens (tertiary/aromatic N) is 2. The van der Waals surface area contributed by atoms with Crippen LogP contribution in [0.15, 0.2) is 65.8 Å². The molecule has 0 aliphatic carbocycles. The minimum Gasteiger partial charge on any atom is -0.396 e. The number of halogens is 4. The van der Waals surface area contributed by atoms with Crippen molar-refractivity contribution in [1.29, 1.82) is 0 Å². The first-order valence-corrected chi connectivity index (χ1v) is 14.4. The number of hydrogen-bond acceptors (Lipinski definition) is 6. The van der Waals surface area contributed by atoms with E-state index in [4.69, 9.17) is 16.7 Å². The van der Waals surface area contributed by atoms with E-state index in [1.165, 1.54) is 6.07 Å². The van der Waals surface area contributed by atoms with E-state index in [1.54, 1.807) is 42.1 Å². The Kier molecular flexibility index (Phi) is 10.3. The van der Waals surface area contributed by atoms with Crippen LogP contribution in [0.5, 0.6) is 0 Å². The van der Waals surface area contributed by atoms with Crippen molar-refractivity contribution in [2.45, 2.75) is 24.8 Å². The highest BCUT2D eigenvalue weighted by Crippen LogP contribution is 2.35. The second-order valence-corrected chi connectivity index (χ2v) is 10.8. The van der Waals surface area contributed by atoms with Crippen molar-refractivity contribution >= 4 is 52.8 Å². The second kappa shape index (κ2) is 13.9. The summed E-state index contributed by atoms with van der Waals surface area (Å²) in [5, 5.41) is 15.2. The van der Waals surface area contributed by atoms with Gasteiger partial charge in [0.05, 0.1) is 34.7 Å². The summed E-state index contributed by atoms with van der Waals surface area (Å²) in [6.45, 7) is 1.75. The van der Waals surface area contributed by atoms with Gasteiger partial charge in [0.25, 0.3) is 11.8 Å². The van der Waals surface area contributed by atoms with Gasteiger partial charge in [-0.3, -0.25) is 9.59 Å². The van der Waals surface area contributed by atoms with Gasteiger partial charge >= 0.3 is 6.18 Å². The molecule has 12 heteroatoms. The van der Waals surface area contributed by atoms with Crippen molar-refractivity contribution < 1.29 is 27.9 Å². The summed E-state index contributed by atoms with van der Waals surface area (Å²) in [7, 11) is 0. The summed E-state index contributed by atoms with van der Waals surface area (Å²) in [4.78, 5) is 28.5. The molecule has 3 N–H and O–H groups in total. The summed E-state index contributed by atoms with van der Waals surface area (Å²) >= 11 is 7.22. The van der Waals surface area contributed by atoms with Gasteiger partial charge in [-0.05, 0) is 66.4 Å². The molecule has 0 aromatic heterocycles. The van der Waals surface area contributed by atoms with Crippen LogP contribution in [0, 0.1) is 0 Å². The van der Waals surface area contributed by atoms with E-state index < -0.39 is 28.6 Å². The standard InChI is InChI=1S/C29H28ClF3N4O3S/c30-25-8-6-19(15-24(25)29(31,32)33)17-34-36-28(40)23-16-22(37-10-1-2-11-37)7-9-26(23)35-27(39)21-5-3-4-20(14-21)18-41-13-12-38/h3-9,14-17,38H,1-2,10-13,18H2,(H,35,39)(H,36,40)/b34-17+. The van der Waals surface area contributed by atoms with Crippen LogP contribution in [0.25, 0.3) is 0 Å². The molecule has 1 heterocycles. The van der Waals surface area contributed by atoms with Crippen LogP contribution in [-0.4, -0.2) is 48.6 Å². The van der Waals surface area contributed by atoms with Crippen molar-refractivity contribution in [2.24, 2.45) is 5.10 Å².